The van der Waals surface area contributed by atoms with Crippen LogP contribution in [0.1, 0.15) is 47.0 Å². The van der Waals surface area contributed by atoms with E-state index in [1.54, 1.807) is 6.92 Å². The third kappa shape index (κ3) is 2.28. The van der Waals surface area contributed by atoms with Gasteiger partial charge in [-0.2, -0.15) is 0 Å². The van der Waals surface area contributed by atoms with E-state index in [1.807, 2.05) is 20.8 Å². The van der Waals surface area contributed by atoms with Crippen molar-refractivity contribution < 1.29 is 4.39 Å². The van der Waals surface area contributed by atoms with Gasteiger partial charge in [-0.15, -0.1) is 0 Å². The Labute approximate surface area is 63.8 Å². The van der Waals surface area contributed by atoms with E-state index in [4.69, 9.17) is 0 Å². The van der Waals surface area contributed by atoms with Crippen molar-refractivity contribution in [3.05, 3.63) is 0 Å². The minimum absolute atomic E-state index is 0.294. The molecule has 0 bridgehead atoms. The molecule has 1 rings (SSSR count). The van der Waals surface area contributed by atoms with Gasteiger partial charge < -0.3 is 0 Å². The first-order valence-electron chi connectivity index (χ1n) is 4.32. The fraction of sp³-hybridized carbons (Fsp3) is 1.00. The van der Waals surface area contributed by atoms with Crippen LogP contribution < -0.4 is 0 Å². The van der Waals surface area contributed by atoms with Crippen LogP contribution in [-0.4, -0.2) is 5.67 Å². The second kappa shape index (κ2) is 3.95. The number of alkyl halides is 1. The van der Waals surface area contributed by atoms with E-state index >= 15 is 0 Å². The van der Waals surface area contributed by atoms with Crippen LogP contribution in [0.2, 0.25) is 0 Å². The van der Waals surface area contributed by atoms with Gasteiger partial charge in [0.2, 0.25) is 0 Å². The lowest BCUT2D eigenvalue weighted by Gasteiger charge is -2.17. The molecule has 1 aliphatic carbocycles. The van der Waals surface area contributed by atoms with Gasteiger partial charge in [0.05, 0.1) is 0 Å². The first kappa shape index (κ1) is 9.93. The van der Waals surface area contributed by atoms with E-state index in [-0.39, 0.29) is 0 Å². The fourth-order valence-electron chi connectivity index (χ4n) is 1.30. The van der Waals surface area contributed by atoms with Crippen molar-refractivity contribution in [2.45, 2.75) is 52.6 Å². The largest absolute Gasteiger partial charge is 0.244 e. The minimum Gasteiger partial charge on any atom is -0.244 e. The van der Waals surface area contributed by atoms with Gasteiger partial charge in [0, 0.05) is 0 Å². The van der Waals surface area contributed by atoms with Crippen LogP contribution in [0.4, 0.5) is 4.39 Å². The van der Waals surface area contributed by atoms with Crippen LogP contribution in [0, 0.1) is 5.92 Å². The molecule has 0 aromatic carbocycles. The summed E-state index contributed by atoms with van der Waals surface area (Å²) in [5, 5.41) is 0. The molecule has 1 heteroatoms. The van der Waals surface area contributed by atoms with E-state index in [0.717, 1.165) is 19.3 Å². The zero-order valence-corrected chi connectivity index (χ0v) is 7.58. The Morgan fingerprint density at radius 3 is 2.00 bits per heavy atom. The van der Waals surface area contributed by atoms with Gasteiger partial charge in [0.1, 0.15) is 5.67 Å². The summed E-state index contributed by atoms with van der Waals surface area (Å²) in [5.74, 6) is 0.294. The third-order valence-electron chi connectivity index (χ3n) is 2.33. The molecule has 1 saturated carbocycles. The molecule has 0 heterocycles. The molecule has 0 radical (unpaired) electrons. The first-order valence-corrected chi connectivity index (χ1v) is 4.32. The highest BCUT2D eigenvalue weighted by Gasteiger charge is 2.35. The topological polar surface area (TPSA) is 0 Å². The lowest BCUT2D eigenvalue weighted by Crippen LogP contribution is -2.19. The molecule has 2 atom stereocenters. The average molecular weight is 146 g/mol. The van der Waals surface area contributed by atoms with E-state index in [2.05, 4.69) is 0 Å². The predicted octanol–water partition coefficient (Wildman–Crippen LogP) is 3.56. The van der Waals surface area contributed by atoms with Crippen LogP contribution in [-0.2, 0) is 0 Å². The second-order valence-corrected chi connectivity index (χ2v) is 3.07. The molecule has 62 valence electrons. The maximum absolute atomic E-state index is 13.0. The summed E-state index contributed by atoms with van der Waals surface area (Å²) in [6, 6.07) is 0. The van der Waals surface area contributed by atoms with E-state index in [0.29, 0.717) is 5.92 Å². The van der Waals surface area contributed by atoms with Crippen molar-refractivity contribution in [1.29, 1.82) is 0 Å². The Balaban J connectivity index is 0.000000371. The fourth-order valence-corrected chi connectivity index (χ4v) is 1.30. The Kier molecular flexibility index (Phi) is 3.92. The first-order chi connectivity index (χ1) is 4.63. The van der Waals surface area contributed by atoms with E-state index < -0.39 is 5.67 Å². The molecule has 1 aliphatic rings. The zero-order chi connectivity index (χ0) is 8.20. The molecular formula is C9H19F. The van der Waals surface area contributed by atoms with Crippen molar-refractivity contribution >= 4 is 0 Å². The van der Waals surface area contributed by atoms with Gasteiger partial charge in [-0.1, -0.05) is 20.8 Å². The lowest BCUT2D eigenvalue weighted by molar-refractivity contribution is 0.144. The second-order valence-electron chi connectivity index (χ2n) is 3.07. The quantitative estimate of drug-likeness (QED) is 0.490. The molecule has 0 spiro atoms. The minimum atomic E-state index is -0.847. The highest BCUT2D eigenvalue weighted by Crippen LogP contribution is 2.37. The summed E-state index contributed by atoms with van der Waals surface area (Å²) in [6.45, 7) is 7.71. The third-order valence-corrected chi connectivity index (χ3v) is 2.33. The molecule has 0 saturated heterocycles. The lowest BCUT2D eigenvalue weighted by atomic mass is 9.97. The van der Waals surface area contributed by atoms with Crippen LogP contribution in [0.15, 0.2) is 0 Å². The summed E-state index contributed by atoms with van der Waals surface area (Å²) < 4.78 is 13.0. The normalized spacial score (nSPS) is 38.7. The van der Waals surface area contributed by atoms with Crippen LogP contribution in [0.3, 0.4) is 0 Å². The van der Waals surface area contributed by atoms with E-state index in [1.165, 1.54) is 0 Å². The Morgan fingerprint density at radius 2 is 1.90 bits per heavy atom. The SMILES string of the molecule is CC.CC1CCCC1(C)F. The molecule has 1 fully saturated rings. The molecule has 0 amide bonds. The van der Waals surface area contributed by atoms with Gasteiger partial charge >= 0.3 is 0 Å². The van der Waals surface area contributed by atoms with Crippen LogP contribution in [0.25, 0.3) is 0 Å². The zero-order valence-electron chi connectivity index (χ0n) is 7.58. The summed E-state index contributed by atoms with van der Waals surface area (Å²) in [7, 11) is 0. The van der Waals surface area contributed by atoms with Crippen LogP contribution in [0.5, 0.6) is 0 Å². The molecule has 0 nitrogen and oxygen atoms in total. The smallest absolute Gasteiger partial charge is 0.110 e. The Morgan fingerprint density at radius 1 is 1.40 bits per heavy atom. The molecule has 2 unspecified atom stereocenters. The average Bonchev–Trinajstić information content (AvgIpc) is 2.17. The van der Waals surface area contributed by atoms with Gasteiger partial charge in [0.15, 0.2) is 0 Å². The van der Waals surface area contributed by atoms with Crippen molar-refractivity contribution in [3.63, 3.8) is 0 Å². The number of rotatable bonds is 0. The van der Waals surface area contributed by atoms with Gasteiger partial charge in [-0.3, -0.25) is 0 Å². The molecule has 0 aromatic rings. The standard InChI is InChI=1S/C7H13F.C2H6/c1-6-4-3-5-7(6,2)8;1-2/h6H,3-5H2,1-2H3;1-2H3. The van der Waals surface area contributed by atoms with E-state index in [9.17, 15) is 4.39 Å². The Hall–Kier alpha value is -0.0700. The summed E-state index contributed by atoms with van der Waals surface area (Å²) in [4.78, 5) is 0. The van der Waals surface area contributed by atoms with Crippen LogP contribution >= 0.6 is 0 Å². The number of halogens is 1. The summed E-state index contributed by atoms with van der Waals surface area (Å²) in [5.41, 5.74) is -0.847. The van der Waals surface area contributed by atoms with Crippen molar-refractivity contribution in [1.82, 2.24) is 0 Å². The molecule has 10 heavy (non-hydrogen) atoms. The monoisotopic (exact) mass is 146 g/mol. The highest BCUT2D eigenvalue weighted by molar-refractivity contribution is 4.85. The maximum atomic E-state index is 13.0. The summed E-state index contributed by atoms with van der Waals surface area (Å²) >= 11 is 0. The van der Waals surface area contributed by atoms with Gasteiger partial charge in [-0.05, 0) is 32.1 Å². The molecule has 0 aliphatic heterocycles. The Bertz CT molecular complexity index is 86.7. The van der Waals surface area contributed by atoms with Gasteiger partial charge in [-0.25, -0.2) is 4.39 Å². The van der Waals surface area contributed by atoms with Crippen molar-refractivity contribution in [2.24, 2.45) is 5.92 Å². The number of hydrogen-bond acceptors (Lipinski definition) is 0. The molecule has 0 N–H and O–H groups in total. The van der Waals surface area contributed by atoms with Crippen molar-refractivity contribution in [2.75, 3.05) is 0 Å². The number of hydrogen-bond donors (Lipinski definition) is 0. The molecular weight excluding hydrogens is 127 g/mol. The maximum Gasteiger partial charge on any atom is 0.110 e. The molecule has 0 aromatic heterocycles. The summed E-state index contributed by atoms with van der Waals surface area (Å²) in [6.07, 6.45) is 2.93. The van der Waals surface area contributed by atoms with Crippen molar-refractivity contribution in [3.8, 4) is 0 Å². The van der Waals surface area contributed by atoms with Gasteiger partial charge in [0.25, 0.3) is 0 Å². The highest BCUT2D eigenvalue weighted by atomic mass is 19.1. The predicted molar refractivity (Wildman–Crippen MR) is 43.9 cm³/mol.